The van der Waals surface area contributed by atoms with E-state index in [2.05, 4.69) is 10.1 Å². The molecule has 0 aromatic carbocycles. The number of ether oxygens (including phenoxy) is 2. The Morgan fingerprint density at radius 3 is 2.44 bits per heavy atom. The molecule has 1 fully saturated rings. The van der Waals surface area contributed by atoms with E-state index in [1.807, 2.05) is 0 Å². The number of phosphoric acid groups is 1. The zero-order chi connectivity index (χ0) is 20.8. The molecule has 1 unspecified atom stereocenters. The Morgan fingerprint density at radius 1 is 1.26 bits per heavy atom. The minimum atomic E-state index is -4.13. The van der Waals surface area contributed by atoms with Gasteiger partial charge in [-0.15, -0.1) is 0 Å². The van der Waals surface area contributed by atoms with Gasteiger partial charge in [0.2, 0.25) is 12.2 Å². The standard InChI is InChI=1S/C16H28NO9P/c1-10(2)15(20)24-11(3)25-27(21)23-9-16(4,5)13(26-27)14(19)17-8-7-12(18)22-6/h10-11,13H,7-9H2,1-6H3,(H,17,19)/t11?,13-,27+/m0/s1. The highest BCUT2D eigenvalue weighted by atomic mass is 31.2. The van der Waals surface area contributed by atoms with Gasteiger partial charge in [-0.3, -0.25) is 23.4 Å². The number of hydrogen-bond acceptors (Lipinski definition) is 9. The lowest BCUT2D eigenvalue weighted by Gasteiger charge is -2.39. The molecular weight excluding hydrogens is 381 g/mol. The summed E-state index contributed by atoms with van der Waals surface area (Å²) >= 11 is 0. The van der Waals surface area contributed by atoms with Gasteiger partial charge in [0, 0.05) is 12.0 Å². The highest BCUT2D eigenvalue weighted by molar-refractivity contribution is 7.48. The first kappa shape index (κ1) is 23.6. The largest absolute Gasteiger partial charge is 0.478 e. The third-order valence-electron chi connectivity index (χ3n) is 3.66. The zero-order valence-electron chi connectivity index (χ0n) is 16.5. The number of methoxy groups -OCH3 is 1. The molecule has 0 radical (unpaired) electrons. The first-order chi connectivity index (χ1) is 12.4. The average Bonchev–Trinajstić information content (AvgIpc) is 2.56. The lowest BCUT2D eigenvalue weighted by Crippen LogP contribution is -2.50. The van der Waals surface area contributed by atoms with Crippen LogP contribution in [-0.4, -0.2) is 50.5 Å². The van der Waals surface area contributed by atoms with E-state index in [9.17, 15) is 18.9 Å². The highest BCUT2D eigenvalue weighted by Crippen LogP contribution is 2.57. The molecule has 1 amide bonds. The van der Waals surface area contributed by atoms with E-state index in [0.717, 1.165) is 0 Å². The first-order valence-electron chi connectivity index (χ1n) is 8.56. The molecule has 3 atom stereocenters. The highest BCUT2D eigenvalue weighted by Gasteiger charge is 2.50. The molecule has 156 valence electrons. The molecule has 0 saturated carbocycles. The van der Waals surface area contributed by atoms with Crippen LogP contribution in [0.5, 0.6) is 0 Å². The summed E-state index contributed by atoms with van der Waals surface area (Å²) in [6.07, 6.45) is -2.35. The van der Waals surface area contributed by atoms with Crippen molar-refractivity contribution < 1.29 is 42.0 Å². The summed E-state index contributed by atoms with van der Waals surface area (Å²) in [6.45, 7) is 8.01. The van der Waals surface area contributed by atoms with E-state index in [0.29, 0.717) is 0 Å². The van der Waals surface area contributed by atoms with Crippen molar-refractivity contribution in [2.24, 2.45) is 11.3 Å². The normalized spacial score (nSPS) is 25.5. The summed E-state index contributed by atoms with van der Waals surface area (Å²) in [5.74, 6) is -1.97. The minimum Gasteiger partial charge on any atom is -0.469 e. The fraction of sp³-hybridized carbons (Fsp3) is 0.812. The number of hydrogen-bond donors (Lipinski definition) is 1. The van der Waals surface area contributed by atoms with Gasteiger partial charge in [0.05, 0.1) is 26.1 Å². The Kier molecular flexibility index (Phi) is 8.41. The van der Waals surface area contributed by atoms with E-state index in [1.54, 1.807) is 27.7 Å². The number of carbonyl (C=O) groups excluding carboxylic acids is 3. The smallest absolute Gasteiger partial charge is 0.469 e. The summed E-state index contributed by atoms with van der Waals surface area (Å²) in [7, 11) is -2.89. The zero-order valence-corrected chi connectivity index (χ0v) is 17.4. The van der Waals surface area contributed by atoms with Crippen molar-refractivity contribution >= 4 is 25.7 Å². The lowest BCUT2D eigenvalue weighted by atomic mass is 9.87. The van der Waals surface area contributed by atoms with Crippen molar-refractivity contribution in [1.82, 2.24) is 5.32 Å². The minimum absolute atomic E-state index is 0.0117. The third-order valence-corrected chi connectivity index (χ3v) is 5.13. The van der Waals surface area contributed by atoms with Gasteiger partial charge in [-0.2, -0.15) is 0 Å². The number of phosphoric ester groups is 1. The predicted octanol–water partition coefficient (Wildman–Crippen LogP) is 1.78. The van der Waals surface area contributed by atoms with Gasteiger partial charge in [0.25, 0.3) is 0 Å². The van der Waals surface area contributed by atoms with E-state index in [4.69, 9.17) is 18.3 Å². The summed E-state index contributed by atoms with van der Waals surface area (Å²) in [5.41, 5.74) is -0.801. The number of carbonyl (C=O) groups is 3. The molecule has 1 heterocycles. The summed E-state index contributed by atoms with van der Waals surface area (Å²) in [5, 5.41) is 2.53. The van der Waals surface area contributed by atoms with Crippen LogP contribution in [0.2, 0.25) is 0 Å². The van der Waals surface area contributed by atoms with Crippen molar-refractivity contribution in [1.29, 1.82) is 0 Å². The predicted molar refractivity (Wildman–Crippen MR) is 93.3 cm³/mol. The summed E-state index contributed by atoms with van der Waals surface area (Å²) < 4.78 is 37.9. The maximum atomic E-state index is 12.7. The molecule has 1 rings (SSSR count). The van der Waals surface area contributed by atoms with Crippen LogP contribution in [0, 0.1) is 11.3 Å². The van der Waals surface area contributed by atoms with Crippen LogP contribution in [0.25, 0.3) is 0 Å². The monoisotopic (exact) mass is 409 g/mol. The van der Waals surface area contributed by atoms with Crippen LogP contribution < -0.4 is 5.32 Å². The van der Waals surface area contributed by atoms with Gasteiger partial charge in [-0.1, -0.05) is 27.7 Å². The van der Waals surface area contributed by atoms with Crippen LogP contribution in [0.4, 0.5) is 0 Å². The van der Waals surface area contributed by atoms with Crippen LogP contribution in [0.1, 0.15) is 41.0 Å². The van der Waals surface area contributed by atoms with Crippen molar-refractivity contribution in [3.05, 3.63) is 0 Å². The molecule has 27 heavy (non-hydrogen) atoms. The molecule has 10 nitrogen and oxygen atoms in total. The number of nitrogens with one attached hydrogen (secondary N) is 1. The Labute approximate surface area is 158 Å². The molecular formula is C16H28NO9P. The van der Waals surface area contributed by atoms with Crippen LogP contribution >= 0.6 is 7.82 Å². The lowest BCUT2D eigenvalue weighted by molar-refractivity contribution is -0.172. The van der Waals surface area contributed by atoms with Crippen molar-refractivity contribution in [2.75, 3.05) is 20.3 Å². The van der Waals surface area contributed by atoms with Gasteiger partial charge in [0.1, 0.15) is 0 Å². The molecule has 11 heteroatoms. The molecule has 0 aromatic heterocycles. The van der Waals surface area contributed by atoms with Crippen molar-refractivity contribution in [2.45, 2.75) is 53.4 Å². The Morgan fingerprint density at radius 2 is 1.89 bits per heavy atom. The van der Waals surface area contributed by atoms with Crippen LogP contribution in [-0.2, 0) is 42.0 Å². The van der Waals surface area contributed by atoms with Crippen LogP contribution in [0.3, 0.4) is 0 Å². The van der Waals surface area contributed by atoms with Crippen molar-refractivity contribution in [3.63, 3.8) is 0 Å². The maximum absolute atomic E-state index is 12.7. The molecule has 0 bridgehead atoms. The fourth-order valence-corrected chi connectivity index (χ4v) is 3.78. The summed E-state index contributed by atoms with van der Waals surface area (Å²) in [4.78, 5) is 35.1. The third kappa shape index (κ3) is 7.21. The number of esters is 2. The maximum Gasteiger partial charge on any atom is 0.478 e. The molecule has 1 N–H and O–H groups in total. The van der Waals surface area contributed by atoms with Gasteiger partial charge in [-0.25, -0.2) is 9.09 Å². The Hall–Kier alpha value is -1.48. The van der Waals surface area contributed by atoms with Crippen molar-refractivity contribution in [3.8, 4) is 0 Å². The topological polar surface area (TPSA) is 126 Å². The van der Waals surface area contributed by atoms with E-state index < -0.39 is 49.4 Å². The van der Waals surface area contributed by atoms with Gasteiger partial charge in [-0.05, 0) is 6.92 Å². The fourth-order valence-electron chi connectivity index (χ4n) is 2.07. The van der Waals surface area contributed by atoms with Gasteiger partial charge >= 0.3 is 19.8 Å². The Bertz CT molecular complexity index is 605. The van der Waals surface area contributed by atoms with E-state index in [1.165, 1.54) is 14.0 Å². The Balaban J connectivity index is 2.72. The van der Waals surface area contributed by atoms with Gasteiger partial charge in [0.15, 0.2) is 6.10 Å². The molecule has 0 aliphatic carbocycles. The van der Waals surface area contributed by atoms with Crippen LogP contribution in [0.15, 0.2) is 0 Å². The molecule has 1 aliphatic rings. The van der Waals surface area contributed by atoms with Gasteiger partial charge < -0.3 is 14.8 Å². The number of rotatable bonds is 8. The van der Waals surface area contributed by atoms with E-state index >= 15 is 0 Å². The second-order valence-electron chi connectivity index (χ2n) is 7.08. The first-order valence-corrected chi connectivity index (χ1v) is 10.0. The second kappa shape index (κ2) is 9.64. The average molecular weight is 409 g/mol. The molecule has 0 aromatic rings. The SMILES string of the molecule is COC(=O)CCNC(=O)[C@@H]1O[P@@](=O)(OC(C)OC(=O)C(C)C)OCC1(C)C. The summed E-state index contributed by atoms with van der Waals surface area (Å²) in [6, 6.07) is 0. The van der Waals surface area contributed by atoms with E-state index in [-0.39, 0.29) is 19.6 Å². The quantitative estimate of drug-likeness (QED) is 0.362. The molecule has 0 spiro atoms. The molecule has 1 saturated heterocycles. The second-order valence-corrected chi connectivity index (χ2v) is 8.65. The number of amides is 1. The molecule has 1 aliphatic heterocycles.